The molecule has 1 aliphatic heterocycles. The molecule has 1 atom stereocenters. The average molecular weight is 417 g/mol. The number of benzene rings is 1. The first-order valence-corrected chi connectivity index (χ1v) is 11.1. The number of likely N-dealkylation sites (tertiary alicyclic amines) is 1. The molecule has 0 N–H and O–H groups in total. The molecule has 5 rings (SSSR count). The lowest BCUT2D eigenvalue weighted by Gasteiger charge is -2.30. The molecule has 1 fully saturated rings. The summed E-state index contributed by atoms with van der Waals surface area (Å²) in [6.07, 6.45) is 5.52. The first-order chi connectivity index (χ1) is 15.2. The zero-order valence-corrected chi connectivity index (χ0v) is 18.2. The Morgan fingerprint density at radius 3 is 2.84 bits per heavy atom. The fraction of sp³-hybridized carbons (Fsp3) is 0.417. The van der Waals surface area contributed by atoms with Crippen LogP contribution in [0.3, 0.4) is 0 Å². The highest BCUT2D eigenvalue weighted by molar-refractivity contribution is 5.98. The number of piperidine rings is 1. The maximum Gasteiger partial charge on any atom is 0.187 e. The molecule has 7 nitrogen and oxygen atoms in total. The summed E-state index contributed by atoms with van der Waals surface area (Å²) in [5.41, 5.74) is 3.37. The quantitative estimate of drug-likeness (QED) is 0.440. The van der Waals surface area contributed by atoms with Crippen molar-refractivity contribution in [3.63, 3.8) is 0 Å². The van der Waals surface area contributed by atoms with E-state index < -0.39 is 0 Å². The Hall–Kier alpha value is -3.06. The van der Waals surface area contributed by atoms with Gasteiger partial charge in [0.15, 0.2) is 11.5 Å². The second-order valence-electron chi connectivity index (χ2n) is 8.51. The minimum atomic E-state index is 0.729. The van der Waals surface area contributed by atoms with Crippen molar-refractivity contribution in [3.8, 4) is 17.0 Å². The Balaban J connectivity index is 1.29. The molecule has 0 saturated carbocycles. The van der Waals surface area contributed by atoms with Crippen LogP contribution in [0, 0.1) is 12.8 Å². The number of aryl methyl sites for hydroxylation is 1. The molecular formula is C24H28N6O. The Morgan fingerprint density at radius 1 is 1.13 bits per heavy atom. The van der Waals surface area contributed by atoms with Crippen molar-refractivity contribution < 1.29 is 4.74 Å². The van der Waals surface area contributed by atoms with Gasteiger partial charge in [-0.25, -0.2) is 0 Å². The van der Waals surface area contributed by atoms with Crippen molar-refractivity contribution in [3.05, 3.63) is 48.4 Å². The molecule has 0 spiro atoms. The number of hydrogen-bond acceptors (Lipinski definition) is 6. The number of nitrogens with zero attached hydrogens (tertiary/aromatic N) is 6. The van der Waals surface area contributed by atoms with Gasteiger partial charge in [-0.1, -0.05) is 6.92 Å². The van der Waals surface area contributed by atoms with E-state index in [0.717, 1.165) is 64.9 Å². The van der Waals surface area contributed by atoms with Crippen molar-refractivity contribution >= 4 is 16.6 Å². The van der Waals surface area contributed by atoms with E-state index in [1.165, 1.54) is 25.9 Å². The molecule has 1 aromatic carbocycles. The predicted octanol–water partition coefficient (Wildman–Crippen LogP) is 4.15. The van der Waals surface area contributed by atoms with Crippen LogP contribution in [0.2, 0.25) is 0 Å². The molecule has 4 aromatic rings. The highest BCUT2D eigenvalue weighted by Crippen LogP contribution is 2.28. The van der Waals surface area contributed by atoms with E-state index in [1.807, 2.05) is 43.3 Å². The van der Waals surface area contributed by atoms with Gasteiger partial charge in [-0.15, -0.1) is 10.2 Å². The third-order valence-electron chi connectivity index (χ3n) is 6.03. The average Bonchev–Trinajstić information content (AvgIpc) is 3.18. The monoisotopic (exact) mass is 416 g/mol. The topological polar surface area (TPSA) is 68.4 Å². The van der Waals surface area contributed by atoms with E-state index in [0.29, 0.717) is 0 Å². The molecule has 0 radical (unpaired) electrons. The number of fused-ring (bicyclic) bond motifs is 3. The summed E-state index contributed by atoms with van der Waals surface area (Å²) in [5, 5.41) is 14.2. The highest BCUT2D eigenvalue weighted by atomic mass is 16.5. The number of ether oxygens (including phenoxy) is 1. The van der Waals surface area contributed by atoms with Crippen LogP contribution < -0.4 is 4.74 Å². The van der Waals surface area contributed by atoms with Crippen molar-refractivity contribution in [2.45, 2.75) is 33.1 Å². The Morgan fingerprint density at radius 2 is 2.00 bits per heavy atom. The van der Waals surface area contributed by atoms with Crippen molar-refractivity contribution in [2.24, 2.45) is 5.92 Å². The summed E-state index contributed by atoms with van der Waals surface area (Å²) in [6.45, 7) is 8.55. The molecule has 3 aromatic heterocycles. The first-order valence-electron chi connectivity index (χ1n) is 11.1. The van der Waals surface area contributed by atoms with Crippen LogP contribution >= 0.6 is 0 Å². The van der Waals surface area contributed by atoms with Gasteiger partial charge < -0.3 is 9.64 Å². The summed E-state index contributed by atoms with van der Waals surface area (Å²) in [7, 11) is 0. The van der Waals surface area contributed by atoms with Crippen LogP contribution in [0.4, 0.5) is 0 Å². The molecule has 7 heteroatoms. The fourth-order valence-corrected chi connectivity index (χ4v) is 4.44. The zero-order chi connectivity index (χ0) is 21.2. The van der Waals surface area contributed by atoms with Gasteiger partial charge in [0, 0.05) is 30.2 Å². The summed E-state index contributed by atoms with van der Waals surface area (Å²) in [5.74, 6) is 2.46. The molecule has 0 aliphatic carbocycles. The summed E-state index contributed by atoms with van der Waals surface area (Å²) >= 11 is 0. The molecule has 0 unspecified atom stereocenters. The number of hydrogen-bond donors (Lipinski definition) is 0. The minimum Gasteiger partial charge on any atom is -0.494 e. The van der Waals surface area contributed by atoms with E-state index in [4.69, 9.17) is 9.84 Å². The SMILES string of the molecule is Cc1nnc2c3cccnc3c(-c3ccc(OCCCN4CCC[C@H](C)C4)cc3)nn12. The second kappa shape index (κ2) is 8.59. The Labute approximate surface area is 182 Å². The molecule has 1 saturated heterocycles. The van der Waals surface area contributed by atoms with Gasteiger partial charge in [0.2, 0.25) is 0 Å². The Bertz CT molecular complexity index is 1190. The number of aromatic nitrogens is 5. The van der Waals surface area contributed by atoms with Crippen LogP contribution in [0.5, 0.6) is 5.75 Å². The molecule has 31 heavy (non-hydrogen) atoms. The van der Waals surface area contributed by atoms with E-state index in [9.17, 15) is 0 Å². The van der Waals surface area contributed by atoms with Gasteiger partial charge in [0.25, 0.3) is 0 Å². The van der Waals surface area contributed by atoms with Crippen LogP contribution in [0.25, 0.3) is 27.8 Å². The molecule has 1 aliphatic rings. The maximum atomic E-state index is 5.99. The van der Waals surface area contributed by atoms with Crippen LogP contribution in [-0.4, -0.2) is 55.9 Å². The molecule has 0 bridgehead atoms. The fourth-order valence-electron chi connectivity index (χ4n) is 4.44. The summed E-state index contributed by atoms with van der Waals surface area (Å²) < 4.78 is 7.77. The van der Waals surface area contributed by atoms with Gasteiger partial charge in [-0.2, -0.15) is 9.61 Å². The lowest BCUT2D eigenvalue weighted by Crippen LogP contribution is -2.35. The summed E-state index contributed by atoms with van der Waals surface area (Å²) in [4.78, 5) is 7.13. The predicted molar refractivity (Wildman–Crippen MR) is 121 cm³/mol. The van der Waals surface area contributed by atoms with Gasteiger partial charge >= 0.3 is 0 Å². The highest BCUT2D eigenvalue weighted by Gasteiger charge is 2.16. The van der Waals surface area contributed by atoms with E-state index >= 15 is 0 Å². The van der Waals surface area contributed by atoms with E-state index in [2.05, 4.69) is 27.0 Å². The van der Waals surface area contributed by atoms with Crippen molar-refractivity contribution in [1.29, 1.82) is 0 Å². The van der Waals surface area contributed by atoms with Gasteiger partial charge in [-0.3, -0.25) is 4.98 Å². The third-order valence-corrected chi connectivity index (χ3v) is 6.03. The standard InChI is InChI=1S/C24H28N6O/c1-17-6-4-13-29(16-17)14-5-15-31-20-10-8-19(9-11-20)22-23-21(7-3-12-25-23)24-27-26-18(2)30(24)28-22/h3,7-12,17H,4-6,13-16H2,1-2H3/t17-/m0/s1. The van der Waals surface area contributed by atoms with E-state index in [-0.39, 0.29) is 0 Å². The number of pyridine rings is 1. The minimum absolute atomic E-state index is 0.729. The second-order valence-corrected chi connectivity index (χ2v) is 8.51. The van der Waals surface area contributed by atoms with Gasteiger partial charge in [0.05, 0.1) is 6.61 Å². The third kappa shape index (κ3) is 4.10. The zero-order valence-electron chi connectivity index (χ0n) is 18.2. The van der Waals surface area contributed by atoms with Crippen LogP contribution in [0.1, 0.15) is 32.0 Å². The number of rotatable bonds is 6. The Kier molecular flexibility index (Phi) is 5.51. The first kappa shape index (κ1) is 19.9. The molecular weight excluding hydrogens is 388 g/mol. The van der Waals surface area contributed by atoms with Gasteiger partial charge in [-0.05, 0) is 75.0 Å². The molecule has 4 heterocycles. The summed E-state index contributed by atoms with van der Waals surface area (Å²) in [6, 6.07) is 12.0. The van der Waals surface area contributed by atoms with Crippen molar-refractivity contribution in [2.75, 3.05) is 26.2 Å². The van der Waals surface area contributed by atoms with E-state index in [1.54, 1.807) is 10.7 Å². The lowest BCUT2D eigenvalue weighted by atomic mass is 10.0. The largest absolute Gasteiger partial charge is 0.494 e. The normalized spacial score (nSPS) is 17.4. The molecule has 0 amide bonds. The lowest BCUT2D eigenvalue weighted by molar-refractivity contribution is 0.170. The van der Waals surface area contributed by atoms with Crippen LogP contribution in [0.15, 0.2) is 42.6 Å². The van der Waals surface area contributed by atoms with Gasteiger partial charge in [0.1, 0.15) is 17.0 Å². The van der Waals surface area contributed by atoms with Crippen LogP contribution in [-0.2, 0) is 0 Å². The maximum absolute atomic E-state index is 5.99. The molecule has 160 valence electrons. The smallest absolute Gasteiger partial charge is 0.187 e. The van der Waals surface area contributed by atoms with Crippen molar-refractivity contribution in [1.82, 2.24) is 29.7 Å².